The van der Waals surface area contributed by atoms with E-state index in [-0.39, 0.29) is 36.1 Å². The minimum absolute atomic E-state index is 0.103. The summed E-state index contributed by atoms with van der Waals surface area (Å²) < 4.78 is 10.1. The normalized spacial score (nSPS) is 23.5. The first-order chi connectivity index (χ1) is 15.2. The van der Waals surface area contributed by atoms with Crippen LogP contribution in [-0.2, 0) is 30.5 Å². The van der Waals surface area contributed by atoms with Crippen molar-refractivity contribution in [3.63, 3.8) is 0 Å². The molecule has 0 unspecified atom stereocenters. The molecule has 1 saturated heterocycles. The van der Waals surface area contributed by atoms with E-state index in [0.717, 1.165) is 4.88 Å². The van der Waals surface area contributed by atoms with Gasteiger partial charge >= 0.3 is 11.9 Å². The van der Waals surface area contributed by atoms with E-state index in [9.17, 15) is 24.6 Å². The van der Waals surface area contributed by atoms with E-state index < -0.39 is 30.8 Å². The lowest BCUT2D eigenvalue weighted by molar-refractivity contribution is -0.173. The first kappa shape index (κ1) is 24.4. The van der Waals surface area contributed by atoms with Crippen molar-refractivity contribution < 1.29 is 34.1 Å². The van der Waals surface area contributed by atoms with Gasteiger partial charge in [-0.1, -0.05) is 32.5 Å². The van der Waals surface area contributed by atoms with Crippen LogP contribution >= 0.6 is 23.1 Å². The third-order valence-electron chi connectivity index (χ3n) is 5.40. The molecule has 2 aliphatic heterocycles. The zero-order chi connectivity index (χ0) is 23.6. The molecule has 0 aliphatic carbocycles. The summed E-state index contributed by atoms with van der Waals surface area (Å²) in [4.78, 5) is 44.0. The second-order valence-electron chi connectivity index (χ2n) is 7.88. The van der Waals surface area contributed by atoms with Gasteiger partial charge in [-0.3, -0.25) is 9.59 Å². The molecule has 0 saturated carbocycles. The molecule has 1 aromatic heterocycles. The molecule has 1 amide bonds. The van der Waals surface area contributed by atoms with Gasteiger partial charge in [0.1, 0.15) is 5.70 Å². The fourth-order valence-corrected chi connectivity index (χ4v) is 5.52. The number of amides is 1. The van der Waals surface area contributed by atoms with Crippen LogP contribution in [0.3, 0.4) is 0 Å². The van der Waals surface area contributed by atoms with Gasteiger partial charge in [0.05, 0.1) is 46.7 Å². The highest BCUT2D eigenvalue weighted by molar-refractivity contribution is 8.06. The second-order valence-corrected chi connectivity index (χ2v) is 9.71. The van der Waals surface area contributed by atoms with E-state index in [0.29, 0.717) is 10.6 Å². The van der Waals surface area contributed by atoms with Crippen molar-refractivity contribution in [2.75, 3.05) is 6.79 Å². The molecular weight excluding hydrogens is 456 g/mol. The molecule has 0 spiro atoms. The Morgan fingerprint density at radius 2 is 2.06 bits per heavy atom. The van der Waals surface area contributed by atoms with Gasteiger partial charge in [0.25, 0.3) is 0 Å². The molecule has 0 aromatic carbocycles. The highest BCUT2D eigenvalue weighted by Crippen LogP contribution is 2.51. The lowest BCUT2D eigenvalue weighted by Gasteiger charge is -2.46. The molecule has 3 heterocycles. The maximum atomic E-state index is 12.9. The monoisotopic (exact) mass is 482 g/mol. The van der Waals surface area contributed by atoms with E-state index in [1.54, 1.807) is 37.8 Å². The number of fused-ring (bicyclic) bond motifs is 1. The maximum Gasteiger partial charge on any atom is 0.358 e. The highest BCUT2D eigenvalue weighted by atomic mass is 32.2. The number of hydrogen-bond donors (Lipinski definition) is 2. The van der Waals surface area contributed by atoms with E-state index in [4.69, 9.17) is 9.47 Å². The topological polar surface area (TPSA) is 126 Å². The van der Waals surface area contributed by atoms with Gasteiger partial charge in [0.15, 0.2) is 0 Å². The van der Waals surface area contributed by atoms with Gasteiger partial charge < -0.3 is 24.6 Å². The molecular formula is C21H26N2O7S2. The first-order valence-corrected chi connectivity index (χ1v) is 11.9. The zero-order valence-electron chi connectivity index (χ0n) is 18.2. The van der Waals surface area contributed by atoms with E-state index in [1.807, 2.05) is 6.92 Å². The lowest BCUT2D eigenvalue weighted by Crippen LogP contribution is -2.63. The van der Waals surface area contributed by atoms with E-state index in [2.05, 4.69) is 4.98 Å². The number of thioether (sulfide) groups is 1. The Morgan fingerprint density at radius 1 is 1.34 bits per heavy atom. The summed E-state index contributed by atoms with van der Waals surface area (Å²) in [6.45, 7) is 6.05. The van der Waals surface area contributed by atoms with Gasteiger partial charge in [-0.25, -0.2) is 9.78 Å². The Kier molecular flexibility index (Phi) is 7.75. The lowest BCUT2D eigenvalue weighted by atomic mass is 9.79. The average molecular weight is 483 g/mol. The molecule has 4 atom stereocenters. The number of aliphatic hydroxyl groups excluding tert-OH is 2. The largest absolute Gasteiger partial charge is 0.428 e. The molecule has 32 heavy (non-hydrogen) atoms. The van der Waals surface area contributed by atoms with Crippen LogP contribution in [0.25, 0.3) is 6.08 Å². The van der Waals surface area contributed by atoms with Gasteiger partial charge in [-0.2, -0.15) is 0 Å². The first-order valence-electron chi connectivity index (χ1n) is 10.1. The van der Waals surface area contributed by atoms with Crippen molar-refractivity contribution >= 4 is 47.0 Å². The van der Waals surface area contributed by atoms with Crippen molar-refractivity contribution in [2.24, 2.45) is 17.8 Å². The van der Waals surface area contributed by atoms with Crippen LogP contribution in [0.4, 0.5) is 0 Å². The number of aromatic nitrogens is 1. The smallest absolute Gasteiger partial charge is 0.358 e. The summed E-state index contributed by atoms with van der Waals surface area (Å²) in [5, 5.41) is 21.2. The van der Waals surface area contributed by atoms with Crippen LogP contribution in [0, 0.1) is 17.8 Å². The van der Waals surface area contributed by atoms with Crippen LogP contribution in [0.5, 0.6) is 0 Å². The Hall–Kier alpha value is -2.21. The average Bonchev–Trinajstić information content (AvgIpc) is 3.28. The molecule has 1 aromatic rings. The van der Waals surface area contributed by atoms with Crippen LogP contribution in [0.2, 0.25) is 0 Å². The quantitative estimate of drug-likeness (QED) is 0.309. The molecule has 1 fully saturated rings. The highest BCUT2D eigenvalue weighted by Gasteiger charge is 2.60. The Bertz CT molecular complexity index is 954. The fraction of sp³-hybridized carbons (Fsp3) is 0.524. The van der Waals surface area contributed by atoms with Gasteiger partial charge in [-0.15, -0.1) is 11.3 Å². The van der Waals surface area contributed by atoms with Crippen LogP contribution < -0.4 is 0 Å². The number of β-lactam (4-membered cyclic amide) rings is 1. The molecule has 2 aliphatic rings. The molecule has 3 rings (SSSR count). The van der Waals surface area contributed by atoms with Gasteiger partial charge in [-0.05, 0) is 18.4 Å². The van der Waals surface area contributed by atoms with Crippen molar-refractivity contribution in [1.29, 1.82) is 0 Å². The third-order valence-corrected chi connectivity index (χ3v) is 7.33. The standard InChI is InChI=1S/C21H26N2O7S2/c1-10(2)20(27)29-9-30-21(28)17-18(31-6-5-14-13(7-24)22-8-32-14)11(3)16-15(12(4)25)19(26)23(16)17/h5-6,8,10-12,15-16,24-25H,7,9H2,1-4H3/t11-,12-,15-,16-/m1/s1. The van der Waals surface area contributed by atoms with Crippen LogP contribution in [-0.4, -0.2) is 56.9 Å². The summed E-state index contributed by atoms with van der Waals surface area (Å²) in [5.74, 6) is -2.77. The zero-order valence-corrected chi connectivity index (χ0v) is 19.8. The minimum atomic E-state index is -0.848. The molecule has 0 bridgehead atoms. The van der Waals surface area contributed by atoms with Gasteiger partial charge in [0, 0.05) is 10.8 Å². The number of esters is 2. The fourth-order valence-electron chi connectivity index (χ4n) is 3.75. The molecule has 11 heteroatoms. The van der Waals surface area contributed by atoms with Crippen LogP contribution in [0.1, 0.15) is 38.3 Å². The number of nitrogens with zero attached hydrogens (tertiary/aromatic N) is 2. The molecule has 174 valence electrons. The third kappa shape index (κ3) is 4.61. The maximum absolute atomic E-state index is 12.9. The molecule has 0 radical (unpaired) electrons. The van der Waals surface area contributed by atoms with E-state index >= 15 is 0 Å². The second kappa shape index (κ2) is 10.2. The summed E-state index contributed by atoms with van der Waals surface area (Å²) in [6, 6.07) is -0.351. The summed E-state index contributed by atoms with van der Waals surface area (Å²) in [5.41, 5.74) is 2.29. The SMILES string of the molecule is CC(C)C(=O)OCOC(=O)C1=C(SC=Cc2scnc2CO)[C@H](C)[C@@H]2[C@@H]([C@@H](C)O)C(=O)N12. The number of carbonyl (C=O) groups is 3. The molecule has 9 nitrogen and oxygen atoms in total. The summed E-state index contributed by atoms with van der Waals surface area (Å²) in [6.07, 6.45) is 0.935. The molecule has 2 N–H and O–H groups in total. The number of aliphatic hydroxyl groups is 2. The number of carbonyl (C=O) groups excluding carboxylic acids is 3. The summed E-state index contributed by atoms with van der Waals surface area (Å²) >= 11 is 2.64. The van der Waals surface area contributed by atoms with E-state index in [1.165, 1.54) is 28.0 Å². The Morgan fingerprint density at radius 3 is 2.69 bits per heavy atom. The summed E-state index contributed by atoms with van der Waals surface area (Å²) in [7, 11) is 0. The minimum Gasteiger partial charge on any atom is -0.428 e. The Labute approximate surface area is 194 Å². The van der Waals surface area contributed by atoms with Crippen molar-refractivity contribution in [3.8, 4) is 0 Å². The van der Waals surface area contributed by atoms with Crippen molar-refractivity contribution in [3.05, 3.63) is 32.1 Å². The predicted octanol–water partition coefficient (Wildman–Crippen LogP) is 2.11. The number of ether oxygens (including phenoxy) is 2. The Balaban J connectivity index is 1.81. The number of rotatable bonds is 9. The van der Waals surface area contributed by atoms with Crippen molar-refractivity contribution in [1.82, 2.24) is 9.88 Å². The van der Waals surface area contributed by atoms with Crippen LogP contribution in [0.15, 0.2) is 21.5 Å². The van der Waals surface area contributed by atoms with Gasteiger partial charge in [0.2, 0.25) is 12.7 Å². The van der Waals surface area contributed by atoms with Crippen molar-refractivity contribution in [2.45, 2.75) is 46.4 Å². The number of hydrogen-bond acceptors (Lipinski definition) is 10. The number of thiazole rings is 1. The predicted molar refractivity (Wildman–Crippen MR) is 119 cm³/mol.